The lowest BCUT2D eigenvalue weighted by molar-refractivity contribution is -0.144. The average Bonchev–Trinajstić information content (AvgIpc) is 3.58. The molecule has 1 aromatic carbocycles. The van der Waals surface area contributed by atoms with Gasteiger partial charge in [0.25, 0.3) is 0 Å². The molecule has 0 radical (unpaired) electrons. The second-order valence-corrected chi connectivity index (χ2v) is 10.5. The van der Waals surface area contributed by atoms with E-state index >= 15 is 0 Å². The molecule has 0 unspecified atom stereocenters. The number of urea groups is 1. The summed E-state index contributed by atoms with van der Waals surface area (Å²) in [4.78, 5) is 42.3. The molecular weight excluding hydrogens is 517 g/mol. The van der Waals surface area contributed by atoms with Crippen molar-refractivity contribution < 1.29 is 37.8 Å². The minimum absolute atomic E-state index is 0.0390. The average molecular weight is 547 g/mol. The van der Waals surface area contributed by atoms with Crippen LogP contribution >= 0.6 is 11.6 Å². The number of anilines is 1. The van der Waals surface area contributed by atoms with Gasteiger partial charge in [0.2, 0.25) is 11.8 Å². The second-order valence-electron chi connectivity index (χ2n) is 10.1. The van der Waals surface area contributed by atoms with E-state index in [0.29, 0.717) is 6.54 Å². The summed E-state index contributed by atoms with van der Waals surface area (Å²) < 4.78 is 38.7. The Morgan fingerprint density at radius 3 is 2.51 bits per heavy atom. The number of piperazine rings is 1. The molecule has 3 atom stereocenters. The molecule has 2 heterocycles. The molecule has 1 spiro atoms. The zero-order valence-corrected chi connectivity index (χ0v) is 21.1. The number of hydrogen-bond acceptors (Lipinski definition) is 5. The Balaban J connectivity index is 1.27. The van der Waals surface area contributed by atoms with E-state index in [9.17, 15) is 37.8 Å². The summed E-state index contributed by atoms with van der Waals surface area (Å²) in [5.74, 6) is -0.710. The highest BCUT2D eigenvalue weighted by Gasteiger charge is 2.51. The second kappa shape index (κ2) is 10.3. The number of β-amino-alcohol motifs (C(OH)–C–C–N with tert-alkyl or cyclic N) is 2. The number of aliphatic hydroxyl groups is 2. The van der Waals surface area contributed by atoms with Gasteiger partial charge in [-0.3, -0.25) is 9.59 Å². The van der Waals surface area contributed by atoms with Gasteiger partial charge < -0.3 is 30.2 Å². The molecule has 0 bridgehead atoms. The molecule has 3 aliphatic rings. The van der Waals surface area contributed by atoms with Crippen molar-refractivity contribution in [1.29, 1.82) is 0 Å². The molecule has 2 saturated heterocycles. The van der Waals surface area contributed by atoms with Crippen LogP contribution in [-0.2, 0) is 15.8 Å². The summed E-state index contributed by atoms with van der Waals surface area (Å²) in [5, 5.41) is 22.7. The first-order chi connectivity index (χ1) is 17.3. The summed E-state index contributed by atoms with van der Waals surface area (Å²) in [6, 6.07) is 1.26. The fourth-order valence-electron chi connectivity index (χ4n) is 5.04. The lowest BCUT2D eigenvalue weighted by Crippen LogP contribution is -2.59. The fourth-order valence-corrected chi connectivity index (χ4v) is 5.33. The van der Waals surface area contributed by atoms with E-state index in [2.05, 4.69) is 5.32 Å². The van der Waals surface area contributed by atoms with E-state index in [0.717, 1.165) is 37.5 Å². The van der Waals surface area contributed by atoms with Crippen molar-refractivity contribution in [3.05, 3.63) is 28.8 Å². The van der Waals surface area contributed by atoms with Gasteiger partial charge in [-0.25, -0.2) is 4.79 Å². The smallest absolute Gasteiger partial charge is 0.391 e. The zero-order chi connectivity index (χ0) is 27.1. The SMILES string of the molecule is C[C@H]1C(=O)N(C[C@H](O)CC(=O)N2CCC3(CC3)[C@H](O)C2)CCN1C(=O)Nc1ccc(C(F)(F)F)c(Cl)c1. The van der Waals surface area contributed by atoms with E-state index in [-0.39, 0.29) is 49.6 Å². The summed E-state index contributed by atoms with van der Waals surface area (Å²) in [7, 11) is 0. The van der Waals surface area contributed by atoms with Crippen molar-refractivity contribution in [2.45, 2.75) is 57.0 Å². The van der Waals surface area contributed by atoms with Crippen LogP contribution in [0.5, 0.6) is 0 Å². The normalized spacial score (nSPS) is 24.3. The molecular formula is C24H30ClF3N4O5. The van der Waals surface area contributed by atoms with Crippen molar-refractivity contribution in [1.82, 2.24) is 14.7 Å². The number of nitrogens with zero attached hydrogens (tertiary/aromatic N) is 3. The maximum atomic E-state index is 12.9. The Morgan fingerprint density at radius 2 is 1.92 bits per heavy atom. The molecule has 204 valence electrons. The van der Waals surface area contributed by atoms with Gasteiger partial charge in [0.15, 0.2) is 0 Å². The first kappa shape index (κ1) is 27.5. The number of carbonyl (C=O) groups excluding carboxylic acids is 3. The molecule has 2 aliphatic heterocycles. The van der Waals surface area contributed by atoms with E-state index in [4.69, 9.17) is 11.6 Å². The van der Waals surface area contributed by atoms with E-state index in [1.807, 2.05) is 0 Å². The van der Waals surface area contributed by atoms with Crippen LogP contribution in [-0.4, -0.2) is 93.7 Å². The van der Waals surface area contributed by atoms with Crippen LogP contribution in [0.1, 0.15) is 38.2 Å². The Bertz CT molecular complexity index is 1070. The predicted octanol–water partition coefficient (Wildman–Crippen LogP) is 2.55. The number of alkyl halides is 3. The third kappa shape index (κ3) is 5.96. The number of rotatable bonds is 5. The van der Waals surface area contributed by atoms with Gasteiger partial charge in [-0.05, 0) is 49.8 Å². The standard InChI is InChI=1S/C24H30ClF3N4O5/c1-14-21(36)31(12-16(33)11-20(35)30-7-6-23(4-5-23)19(34)13-30)8-9-32(14)22(37)29-15-2-3-17(18(25)10-15)24(26,27)28/h2-3,10,14,16,19,33-34H,4-9,11-13H2,1H3,(H,29,37)/t14-,16+,19+/m0/s1. The first-order valence-electron chi connectivity index (χ1n) is 12.2. The minimum Gasteiger partial charge on any atom is -0.391 e. The first-order valence-corrected chi connectivity index (χ1v) is 12.6. The molecule has 37 heavy (non-hydrogen) atoms. The Hall–Kier alpha value is -2.57. The van der Waals surface area contributed by atoms with Crippen LogP contribution in [0.25, 0.3) is 0 Å². The highest BCUT2D eigenvalue weighted by Crippen LogP contribution is 2.53. The topological polar surface area (TPSA) is 113 Å². The summed E-state index contributed by atoms with van der Waals surface area (Å²) in [6.07, 6.45) is -3.77. The molecule has 4 amide bonds. The number of likely N-dealkylation sites (tertiary alicyclic amines) is 1. The van der Waals surface area contributed by atoms with Gasteiger partial charge in [-0.2, -0.15) is 13.2 Å². The quantitative estimate of drug-likeness (QED) is 0.525. The molecule has 1 aromatic rings. The van der Waals surface area contributed by atoms with Crippen LogP contribution in [0.2, 0.25) is 5.02 Å². The molecule has 3 fully saturated rings. The summed E-state index contributed by atoms with van der Waals surface area (Å²) in [6.45, 7) is 2.44. The van der Waals surface area contributed by atoms with Crippen molar-refractivity contribution in [3.8, 4) is 0 Å². The number of piperidine rings is 1. The van der Waals surface area contributed by atoms with Gasteiger partial charge in [0, 0.05) is 38.4 Å². The van der Waals surface area contributed by atoms with Crippen LogP contribution in [0.3, 0.4) is 0 Å². The Morgan fingerprint density at radius 1 is 1.22 bits per heavy atom. The molecule has 9 nitrogen and oxygen atoms in total. The van der Waals surface area contributed by atoms with Crippen molar-refractivity contribution >= 4 is 35.1 Å². The molecule has 4 rings (SSSR count). The van der Waals surface area contributed by atoms with E-state index in [1.165, 1.54) is 16.7 Å². The van der Waals surface area contributed by atoms with E-state index in [1.54, 1.807) is 4.90 Å². The molecule has 1 aliphatic carbocycles. The Kier molecular flexibility index (Phi) is 7.64. The van der Waals surface area contributed by atoms with E-state index < -0.39 is 47.0 Å². The zero-order valence-electron chi connectivity index (χ0n) is 20.3. The Labute approximate surface area is 217 Å². The number of carbonyl (C=O) groups is 3. The van der Waals surface area contributed by atoms with Gasteiger partial charge in [-0.15, -0.1) is 0 Å². The number of amides is 4. The van der Waals surface area contributed by atoms with Crippen LogP contribution < -0.4 is 5.32 Å². The monoisotopic (exact) mass is 546 g/mol. The molecule has 3 N–H and O–H groups in total. The van der Waals surface area contributed by atoms with Crippen molar-refractivity contribution in [2.75, 3.05) is 38.0 Å². The number of hydrogen-bond donors (Lipinski definition) is 3. The maximum Gasteiger partial charge on any atom is 0.417 e. The largest absolute Gasteiger partial charge is 0.417 e. The molecule has 1 saturated carbocycles. The predicted molar refractivity (Wildman–Crippen MR) is 128 cm³/mol. The number of aliphatic hydroxyl groups excluding tert-OH is 2. The lowest BCUT2D eigenvalue weighted by Gasteiger charge is -2.40. The van der Waals surface area contributed by atoms with Crippen LogP contribution in [0, 0.1) is 5.41 Å². The summed E-state index contributed by atoms with van der Waals surface area (Å²) >= 11 is 5.70. The van der Waals surface area contributed by atoms with Gasteiger partial charge in [-0.1, -0.05) is 11.6 Å². The van der Waals surface area contributed by atoms with Crippen molar-refractivity contribution in [3.63, 3.8) is 0 Å². The van der Waals surface area contributed by atoms with Gasteiger partial charge in [0.05, 0.1) is 29.2 Å². The third-order valence-electron chi connectivity index (χ3n) is 7.60. The van der Waals surface area contributed by atoms with Gasteiger partial charge in [0.1, 0.15) is 6.04 Å². The van der Waals surface area contributed by atoms with Crippen LogP contribution in [0.4, 0.5) is 23.7 Å². The fraction of sp³-hybridized carbons (Fsp3) is 0.625. The minimum atomic E-state index is -4.62. The molecule has 0 aromatic heterocycles. The number of nitrogens with one attached hydrogen (secondary N) is 1. The maximum absolute atomic E-state index is 12.9. The number of halogens is 4. The third-order valence-corrected chi connectivity index (χ3v) is 7.91. The highest BCUT2D eigenvalue weighted by atomic mass is 35.5. The van der Waals surface area contributed by atoms with Crippen molar-refractivity contribution in [2.24, 2.45) is 5.41 Å². The summed E-state index contributed by atoms with van der Waals surface area (Å²) in [5.41, 5.74) is -1.01. The lowest BCUT2D eigenvalue weighted by atomic mass is 9.90. The molecule has 13 heteroatoms. The van der Waals surface area contributed by atoms with Crippen LogP contribution in [0.15, 0.2) is 18.2 Å². The van der Waals surface area contributed by atoms with Gasteiger partial charge >= 0.3 is 12.2 Å². The number of benzene rings is 1. The highest BCUT2D eigenvalue weighted by molar-refractivity contribution is 6.31.